The molecule has 0 spiro atoms. The van der Waals surface area contributed by atoms with Gasteiger partial charge in [0, 0.05) is 18.2 Å². The molecule has 0 amide bonds. The Labute approximate surface area is 91.2 Å². The molecule has 1 aromatic heterocycles. The van der Waals surface area contributed by atoms with Crippen molar-refractivity contribution in [2.75, 3.05) is 0 Å². The molecule has 1 saturated carbocycles. The standard InChI is InChI=1S/C12H20N2O/c1-2-4-6-12(7-5-3-1)13-8-11-9-14-15-10-11/h9-10,12-13H,1-8H2. The first kappa shape index (κ1) is 10.7. The molecule has 1 aliphatic rings. The van der Waals surface area contributed by atoms with E-state index >= 15 is 0 Å². The van der Waals surface area contributed by atoms with E-state index in [9.17, 15) is 0 Å². The third-order valence-electron chi connectivity index (χ3n) is 3.18. The second-order valence-electron chi connectivity index (χ2n) is 4.46. The van der Waals surface area contributed by atoms with E-state index in [1.54, 1.807) is 12.5 Å². The van der Waals surface area contributed by atoms with E-state index < -0.39 is 0 Å². The summed E-state index contributed by atoms with van der Waals surface area (Å²) in [5, 5.41) is 7.30. The van der Waals surface area contributed by atoms with E-state index in [1.807, 2.05) is 0 Å². The molecule has 3 nitrogen and oxygen atoms in total. The maximum atomic E-state index is 4.81. The molecule has 0 atom stereocenters. The summed E-state index contributed by atoms with van der Waals surface area (Å²) in [6.07, 6.45) is 13.2. The highest BCUT2D eigenvalue weighted by atomic mass is 16.5. The summed E-state index contributed by atoms with van der Waals surface area (Å²) in [7, 11) is 0. The lowest BCUT2D eigenvalue weighted by Crippen LogP contribution is -2.29. The van der Waals surface area contributed by atoms with Crippen LogP contribution in [0.4, 0.5) is 0 Å². The summed E-state index contributed by atoms with van der Waals surface area (Å²) in [5.74, 6) is 0. The minimum atomic E-state index is 0.695. The van der Waals surface area contributed by atoms with E-state index in [0.717, 1.165) is 12.1 Å². The van der Waals surface area contributed by atoms with Crippen LogP contribution in [0, 0.1) is 0 Å². The fourth-order valence-corrected chi connectivity index (χ4v) is 2.24. The fourth-order valence-electron chi connectivity index (χ4n) is 2.24. The van der Waals surface area contributed by atoms with E-state index in [2.05, 4.69) is 10.5 Å². The Balaban J connectivity index is 1.72. The molecular weight excluding hydrogens is 188 g/mol. The van der Waals surface area contributed by atoms with E-state index in [1.165, 1.54) is 44.9 Å². The molecule has 1 aromatic rings. The predicted molar refractivity (Wildman–Crippen MR) is 59.4 cm³/mol. The van der Waals surface area contributed by atoms with Crippen LogP contribution in [0.5, 0.6) is 0 Å². The van der Waals surface area contributed by atoms with Crippen molar-refractivity contribution >= 4 is 0 Å². The highest BCUT2D eigenvalue weighted by molar-refractivity contribution is 4.99. The molecule has 1 heterocycles. The van der Waals surface area contributed by atoms with Crippen LogP contribution in [0.3, 0.4) is 0 Å². The first-order chi connectivity index (χ1) is 7.45. The normalized spacial score (nSPS) is 19.7. The van der Waals surface area contributed by atoms with Gasteiger partial charge in [0.05, 0.1) is 6.20 Å². The summed E-state index contributed by atoms with van der Waals surface area (Å²) in [5.41, 5.74) is 1.15. The van der Waals surface area contributed by atoms with Gasteiger partial charge in [0.25, 0.3) is 0 Å². The molecule has 0 saturated heterocycles. The average molecular weight is 208 g/mol. The van der Waals surface area contributed by atoms with Crippen LogP contribution in [0.15, 0.2) is 17.0 Å². The second kappa shape index (κ2) is 5.91. The number of nitrogens with one attached hydrogen (secondary N) is 1. The molecule has 0 bridgehead atoms. The van der Waals surface area contributed by atoms with E-state index in [0.29, 0.717) is 6.04 Å². The van der Waals surface area contributed by atoms with Gasteiger partial charge in [-0.2, -0.15) is 0 Å². The van der Waals surface area contributed by atoms with Gasteiger partial charge in [0.15, 0.2) is 0 Å². The molecule has 0 aliphatic heterocycles. The molecule has 2 rings (SSSR count). The van der Waals surface area contributed by atoms with Gasteiger partial charge < -0.3 is 9.84 Å². The monoisotopic (exact) mass is 208 g/mol. The van der Waals surface area contributed by atoms with Crippen molar-refractivity contribution in [1.29, 1.82) is 0 Å². The molecule has 0 radical (unpaired) electrons. The number of aromatic nitrogens is 1. The minimum Gasteiger partial charge on any atom is -0.364 e. The van der Waals surface area contributed by atoms with Gasteiger partial charge in [-0.1, -0.05) is 37.3 Å². The van der Waals surface area contributed by atoms with Crippen molar-refractivity contribution in [3.05, 3.63) is 18.0 Å². The summed E-state index contributed by atoms with van der Waals surface area (Å²) in [4.78, 5) is 0. The van der Waals surface area contributed by atoms with Gasteiger partial charge in [-0.05, 0) is 12.8 Å². The average Bonchev–Trinajstić information content (AvgIpc) is 2.68. The van der Waals surface area contributed by atoms with Gasteiger partial charge in [-0.25, -0.2) is 0 Å². The Morgan fingerprint density at radius 3 is 2.60 bits per heavy atom. The Bertz CT molecular complexity index is 251. The van der Waals surface area contributed by atoms with Crippen molar-refractivity contribution in [2.45, 2.75) is 57.5 Å². The molecule has 1 fully saturated rings. The number of rotatable bonds is 3. The SMILES string of the molecule is c1nocc1CNC1CCCCCCC1. The van der Waals surface area contributed by atoms with E-state index in [4.69, 9.17) is 4.52 Å². The van der Waals surface area contributed by atoms with E-state index in [-0.39, 0.29) is 0 Å². The van der Waals surface area contributed by atoms with Gasteiger partial charge in [-0.3, -0.25) is 0 Å². The van der Waals surface area contributed by atoms with Crippen LogP contribution >= 0.6 is 0 Å². The smallest absolute Gasteiger partial charge is 0.128 e. The number of nitrogens with zero attached hydrogens (tertiary/aromatic N) is 1. The van der Waals surface area contributed by atoms with Crippen LogP contribution in [-0.2, 0) is 6.54 Å². The Morgan fingerprint density at radius 1 is 1.20 bits per heavy atom. The van der Waals surface area contributed by atoms with Crippen LogP contribution in [0.2, 0.25) is 0 Å². The molecule has 84 valence electrons. The number of hydrogen-bond acceptors (Lipinski definition) is 3. The van der Waals surface area contributed by atoms with Crippen molar-refractivity contribution < 1.29 is 4.52 Å². The van der Waals surface area contributed by atoms with Crippen LogP contribution in [-0.4, -0.2) is 11.2 Å². The summed E-state index contributed by atoms with van der Waals surface area (Å²) < 4.78 is 4.81. The third kappa shape index (κ3) is 3.67. The molecule has 0 unspecified atom stereocenters. The molecule has 3 heteroatoms. The summed E-state index contributed by atoms with van der Waals surface area (Å²) in [6, 6.07) is 0.695. The molecular formula is C12H20N2O. The van der Waals surface area contributed by atoms with Crippen LogP contribution in [0.25, 0.3) is 0 Å². The number of hydrogen-bond donors (Lipinski definition) is 1. The lowest BCUT2D eigenvalue weighted by atomic mass is 9.97. The topological polar surface area (TPSA) is 38.1 Å². The Morgan fingerprint density at radius 2 is 1.93 bits per heavy atom. The highest BCUT2D eigenvalue weighted by Gasteiger charge is 2.10. The fraction of sp³-hybridized carbons (Fsp3) is 0.750. The first-order valence-electron chi connectivity index (χ1n) is 6.07. The lowest BCUT2D eigenvalue weighted by molar-refractivity contribution is 0.387. The molecule has 0 aromatic carbocycles. The third-order valence-corrected chi connectivity index (χ3v) is 3.18. The van der Waals surface area contributed by atoms with Crippen molar-refractivity contribution in [1.82, 2.24) is 10.5 Å². The molecule has 1 N–H and O–H groups in total. The van der Waals surface area contributed by atoms with Gasteiger partial charge in [-0.15, -0.1) is 0 Å². The van der Waals surface area contributed by atoms with Crippen LogP contribution in [0.1, 0.15) is 50.5 Å². The largest absolute Gasteiger partial charge is 0.364 e. The quantitative estimate of drug-likeness (QED) is 0.830. The summed E-state index contributed by atoms with van der Waals surface area (Å²) >= 11 is 0. The van der Waals surface area contributed by atoms with Crippen LogP contribution < -0.4 is 5.32 Å². The van der Waals surface area contributed by atoms with Crippen molar-refractivity contribution in [3.8, 4) is 0 Å². The van der Waals surface area contributed by atoms with Gasteiger partial charge >= 0.3 is 0 Å². The zero-order chi connectivity index (χ0) is 10.3. The lowest BCUT2D eigenvalue weighted by Gasteiger charge is -2.20. The second-order valence-corrected chi connectivity index (χ2v) is 4.46. The Kier molecular flexibility index (Phi) is 4.21. The highest BCUT2D eigenvalue weighted by Crippen LogP contribution is 2.17. The minimum absolute atomic E-state index is 0.695. The molecule has 1 aliphatic carbocycles. The summed E-state index contributed by atoms with van der Waals surface area (Å²) in [6.45, 7) is 0.897. The predicted octanol–water partition coefficient (Wildman–Crippen LogP) is 2.88. The first-order valence-corrected chi connectivity index (χ1v) is 6.07. The van der Waals surface area contributed by atoms with Crippen molar-refractivity contribution in [2.24, 2.45) is 0 Å². The maximum absolute atomic E-state index is 4.81. The maximum Gasteiger partial charge on any atom is 0.128 e. The Hall–Kier alpha value is -0.830. The van der Waals surface area contributed by atoms with Crippen molar-refractivity contribution in [3.63, 3.8) is 0 Å². The zero-order valence-corrected chi connectivity index (χ0v) is 9.24. The molecule has 15 heavy (non-hydrogen) atoms. The van der Waals surface area contributed by atoms with Gasteiger partial charge in [0.1, 0.15) is 6.26 Å². The zero-order valence-electron chi connectivity index (χ0n) is 9.24. The van der Waals surface area contributed by atoms with Gasteiger partial charge in [0.2, 0.25) is 0 Å².